The maximum Gasteiger partial charge on any atom is 0.216 e. The molecular weight excluding hydrogens is 416 g/mol. The number of benzene rings is 3. The molecule has 2 aromatic heterocycles. The Labute approximate surface area is 192 Å². The van der Waals surface area contributed by atoms with Gasteiger partial charge in [0.15, 0.2) is 11.8 Å². The first-order chi connectivity index (χ1) is 15.8. The topological polar surface area (TPSA) is 17.0 Å². The van der Waals surface area contributed by atoms with Crippen molar-refractivity contribution in [1.82, 2.24) is 0 Å². The van der Waals surface area contributed by atoms with Gasteiger partial charge in [0, 0.05) is 17.0 Å². The number of furan rings is 1. The molecule has 0 saturated heterocycles. The summed E-state index contributed by atoms with van der Waals surface area (Å²) in [5, 5.41) is 0.954. The van der Waals surface area contributed by atoms with Gasteiger partial charge in [0.2, 0.25) is 5.69 Å². The summed E-state index contributed by atoms with van der Waals surface area (Å²) < 4.78 is 38.8. The van der Waals surface area contributed by atoms with E-state index in [1.54, 1.807) is 12.1 Å². The molecule has 0 N–H and O–H groups in total. The van der Waals surface area contributed by atoms with Crippen LogP contribution in [0.3, 0.4) is 0 Å². The number of halogens is 2. The number of aromatic nitrogens is 1. The molecule has 0 aliphatic heterocycles. The van der Waals surface area contributed by atoms with Crippen LogP contribution < -0.4 is 4.57 Å². The van der Waals surface area contributed by atoms with E-state index in [0.29, 0.717) is 39.0 Å². The van der Waals surface area contributed by atoms with E-state index in [0.717, 1.165) is 16.8 Å². The summed E-state index contributed by atoms with van der Waals surface area (Å²) in [6.45, 7) is 8.32. The zero-order valence-corrected chi connectivity index (χ0v) is 19.5. The SMILES string of the molecule is Cc1cc(-c2c(C)cc(F)c3c2oc2c(-c4ccccc4)c(F)ccc23)[n+](C)cc1C(C)C. The zero-order valence-electron chi connectivity index (χ0n) is 19.5. The van der Waals surface area contributed by atoms with Crippen molar-refractivity contribution in [1.29, 1.82) is 0 Å². The first-order valence-electron chi connectivity index (χ1n) is 11.2. The lowest BCUT2D eigenvalue weighted by Gasteiger charge is -2.12. The molecule has 166 valence electrons. The molecule has 0 radical (unpaired) electrons. The van der Waals surface area contributed by atoms with Crippen LogP contribution in [0.15, 0.2) is 65.2 Å². The molecule has 2 heterocycles. The highest BCUT2D eigenvalue weighted by Gasteiger charge is 2.26. The molecule has 0 atom stereocenters. The second kappa shape index (κ2) is 7.80. The third-order valence-electron chi connectivity index (χ3n) is 6.47. The molecule has 5 aromatic rings. The number of pyridine rings is 1. The smallest absolute Gasteiger partial charge is 0.216 e. The molecule has 33 heavy (non-hydrogen) atoms. The largest absolute Gasteiger partial charge is 0.454 e. The maximum absolute atomic E-state index is 15.3. The molecule has 0 saturated carbocycles. The quantitative estimate of drug-likeness (QED) is 0.261. The van der Waals surface area contributed by atoms with Gasteiger partial charge in [-0.15, -0.1) is 0 Å². The summed E-state index contributed by atoms with van der Waals surface area (Å²) in [6, 6.07) is 15.9. The van der Waals surface area contributed by atoms with Gasteiger partial charge in [0.1, 0.15) is 24.3 Å². The number of hydrogen-bond donors (Lipinski definition) is 0. The predicted molar refractivity (Wildman–Crippen MR) is 129 cm³/mol. The predicted octanol–water partition coefficient (Wildman–Crippen LogP) is 7.76. The van der Waals surface area contributed by atoms with Crippen LogP contribution in [-0.2, 0) is 7.05 Å². The highest BCUT2D eigenvalue weighted by molar-refractivity contribution is 6.13. The average molecular weight is 443 g/mol. The zero-order chi connectivity index (χ0) is 23.4. The van der Waals surface area contributed by atoms with Crippen LogP contribution in [0.2, 0.25) is 0 Å². The van der Waals surface area contributed by atoms with Crippen LogP contribution >= 0.6 is 0 Å². The molecule has 4 heteroatoms. The van der Waals surface area contributed by atoms with Gasteiger partial charge in [-0.2, -0.15) is 0 Å². The van der Waals surface area contributed by atoms with Crippen LogP contribution in [0.4, 0.5) is 8.78 Å². The molecule has 2 nitrogen and oxygen atoms in total. The van der Waals surface area contributed by atoms with Gasteiger partial charge in [0.05, 0.1) is 16.5 Å². The normalized spacial score (nSPS) is 11.8. The van der Waals surface area contributed by atoms with Crippen LogP contribution in [0.1, 0.15) is 36.5 Å². The number of aryl methyl sites for hydroxylation is 3. The van der Waals surface area contributed by atoms with Crippen molar-refractivity contribution in [2.24, 2.45) is 7.05 Å². The highest BCUT2D eigenvalue weighted by atomic mass is 19.1. The number of fused-ring (bicyclic) bond motifs is 3. The monoisotopic (exact) mass is 442 g/mol. The van der Waals surface area contributed by atoms with Crippen LogP contribution in [-0.4, -0.2) is 0 Å². The summed E-state index contributed by atoms with van der Waals surface area (Å²) in [5.41, 5.74) is 6.80. The van der Waals surface area contributed by atoms with Crippen LogP contribution in [0.25, 0.3) is 44.3 Å². The summed E-state index contributed by atoms with van der Waals surface area (Å²) in [5.74, 6) is -0.370. The third kappa shape index (κ3) is 3.32. The van der Waals surface area contributed by atoms with E-state index in [9.17, 15) is 0 Å². The highest BCUT2D eigenvalue weighted by Crippen LogP contribution is 2.43. The molecule has 3 aromatic carbocycles. The van der Waals surface area contributed by atoms with Crippen molar-refractivity contribution in [3.8, 4) is 22.4 Å². The van der Waals surface area contributed by atoms with Crippen molar-refractivity contribution in [2.45, 2.75) is 33.6 Å². The van der Waals surface area contributed by atoms with E-state index in [4.69, 9.17) is 4.42 Å². The summed E-state index contributed by atoms with van der Waals surface area (Å²) >= 11 is 0. The lowest BCUT2D eigenvalue weighted by Crippen LogP contribution is -2.32. The Morgan fingerprint density at radius 3 is 2.24 bits per heavy atom. The number of hydrogen-bond acceptors (Lipinski definition) is 1. The second-order valence-corrected chi connectivity index (χ2v) is 9.08. The van der Waals surface area contributed by atoms with Crippen LogP contribution in [0.5, 0.6) is 0 Å². The van der Waals surface area contributed by atoms with E-state index < -0.39 is 5.82 Å². The van der Waals surface area contributed by atoms with Crippen molar-refractivity contribution in [3.05, 3.63) is 89.1 Å². The first-order valence-corrected chi connectivity index (χ1v) is 11.2. The summed E-state index contributed by atoms with van der Waals surface area (Å²) in [4.78, 5) is 0. The lowest BCUT2D eigenvalue weighted by molar-refractivity contribution is -0.660. The van der Waals surface area contributed by atoms with Crippen molar-refractivity contribution < 1.29 is 17.8 Å². The number of nitrogens with zero attached hydrogens (tertiary/aromatic N) is 1. The minimum Gasteiger partial charge on any atom is -0.454 e. The summed E-state index contributed by atoms with van der Waals surface area (Å²) in [6.07, 6.45) is 2.13. The minimum atomic E-state index is -0.394. The summed E-state index contributed by atoms with van der Waals surface area (Å²) in [7, 11) is 1.99. The van der Waals surface area contributed by atoms with Crippen molar-refractivity contribution in [3.63, 3.8) is 0 Å². The van der Waals surface area contributed by atoms with E-state index >= 15 is 8.78 Å². The Morgan fingerprint density at radius 1 is 0.818 bits per heavy atom. The van der Waals surface area contributed by atoms with Crippen molar-refractivity contribution >= 4 is 21.9 Å². The fraction of sp³-hybridized carbons (Fsp3) is 0.207. The minimum absolute atomic E-state index is 0.350. The molecule has 0 aliphatic rings. The Kier molecular flexibility index (Phi) is 5.04. The van der Waals surface area contributed by atoms with Gasteiger partial charge in [0.25, 0.3) is 0 Å². The maximum atomic E-state index is 15.3. The lowest BCUT2D eigenvalue weighted by atomic mass is 9.95. The molecule has 0 fully saturated rings. The van der Waals surface area contributed by atoms with Gasteiger partial charge in [-0.25, -0.2) is 13.3 Å². The van der Waals surface area contributed by atoms with E-state index in [-0.39, 0.29) is 5.82 Å². The Morgan fingerprint density at radius 2 is 1.55 bits per heavy atom. The third-order valence-corrected chi connectivity index (χ3v) is 6.47. The van der Waals surface area contributed by atoms with Gasteiger partial charge in [-0.3, -0.25) is 0 Å². The standard InChI is InChI=1S/C29H26F2NO/c1-16(2)21-15-32(5)24(14-17(21)3)25-18(4)13-23(31)27-20-11-12-22(30)26(28(20)33-29(25)27)19-9-7-6-8-10-19/h6-16H,1-5H3/q+1. The molecular formula is C29H26F2NO+. The van der Waals surface area contributed by atoms with Gasteiger partial charge in [-0.05, 0) is 54.7 Å². The molecule has 0 amide bonds. The van der Waals surface area contributed by atoms with Gasteiger partial charge >= 0.3 is 0 Å². The van der Waals surface area contributed by atoms with Crippen LogP contribution in [0, 0.1) is 25.5 Å². The Balaban J connectivity index is 1.90. The van der Waals surface area contributed by atoms with Gasteiger partial charge < -0.3 is 4.42 Å². The van der Waals surface area contributed by atoms with E-state index in [1.807, 2.05) is 44.3 Å². The first kappa shape index (κ1) is 21.3. The fourth-order valence-corrected chi connectivity index (χ4v) is 4.88. The van der Waals surface area contributed by atoms with Gasteiger partial charge in [-0.1, -0.05) is 44.2 Å². The fourth-order valence-electron chi connectivity index (χ4n) is 4.88. The molecule has 0 bridgehead atoms. The molecule has 0 aliphatic carbocycles. The Hall–Kier alpha value is -3.53. The van der Waals surface area contributed by atoms with E-state index in [1.165, 1.54) is 17.2 Å². The number of rotatable bonds is 3. The van der Waals surface area contributed by atoms with Crippen molar-refractivity contribution in [2.75, 3.05) is 0 Å². The van der Waals surface area contributed by atoms with E-state index in [2.05, 4.69) is 37.6 Å². The Bertz CT molecular complexity index is 1530. The second-order valence-electron chi connectivity index (χ2n) is 9.08. The molecule has 5 rings (SSSR count). The average Bonchev–Trinajstić information content (AvgIpc) is 3.15. The molecule has 0 unspecified atom stereocenters. The molecule has 0 spiro atoms.